The van der Waals surface area contributed by atoms with E-state index in [4.69, 9.17) is 23.1 Å². The third-order valence-electron chi connectivity index (χ3n) is 2.42. The first kappa shape index (κ1) is 17.4. The highest BCUT2D eigenvalue weighted by molar-refractivity contribution is 8.23. The monoisotopic (exact) mass is 327 g/mol. The number of nitrogens with two attached hydrogens (primary N) is 1. The Balaban J connectivity index is 2.23. The molecule has 5 N–H and O–H groups in total. The summed E-state index contributed by atoms with van der Waals surface area (Å²) in [6.07, 6.45) is 0. The molecule has 6 nitrogen and oxygen atoms in total. The van der Waals surface area contributed by atoms with Crippen LogP contribution in [0.15, 0.2) is 30.3 Å². The standard InChI is InChI=1S/C13H17N3O3S2/c14-10(12(19)15-7-11(17)18)8-21-13(20)16-6-9-4-2-1-3-5-9/h1-5,10H,6-8,14H2,(H,15,19)(H,16,20)(H,17,18)/t10-/m0/s1. The van der Waals surface area contributed by atoms with Gasteiger partial charge in [0, 0.05) is 12.3 Å². The van der Waals surface area contributed by atoms with Crippen molar-refractivity contribution >= 4 is 40.2 Å². The second-order valence-electron chi connectivity index (χ2n) is 4.16. The summed E-state index contributed by atoms with van der Waals surface area (Å²) in [5, 5.41) is 13.7. The van der Waals surface area contributed by atoms with Crippen LogP contribution in [0.4, 0.5) is 0 Å². The quantitative estimate of drug-likeness (QED) is 0.535. The van der Waals surface area contributed by atoms with Crippen molar-refractivity contribution in [1.82, 2.24) is 10.6 Å². The van der Waals surface area contributed by atoms with Gasteiger partial charge in [0.05, 0.1) is 6.04 Å². The third-order valence-corrected chi connectivity index (χ3v) is 3.85. The van der Waals surface area contributed by atoms with E-state index in [1.54, 1.807) is 0 Å². The molecule has 0 aromatic heterocycles. The highest BCUT2D eigenvalue weighted by Crippen LogP contribution is 2.05. The number of rotatable bonds is 7. The number of hydrogen-bond donors (Lipinski definition) is 4. The first-order chi connectivity index (χ1) is 9.99. The molecule has 0 heterocycles. The maximum Gasteiger partial charge on any atom is 0.322 e. The summed E-state index contributed by atoms with van der Waals surface area (Å²) in [5.74, 6) is -1.33. The zero-order valence-corrected chi connectivity index (χ0v) is 12.9. The molecule has 1 atom stereocenters. The predicted octanol–water partition coefficient (Wildman–Crippen LogP) is 0.322. The van der Waals surface area contributed by atoms with Crippen LogP contribution in [0, 0.1) is 0 Å². The highest BCUT2D eigenvalue weighted by Gasteiger charge is 2.15. The Morgan fingerprint density at radius 3 is 2.57 bits per heavy atom. The van der Waals surface area contributed by atoms with E-state index >= 15 is 0 Å². The number of carboxylic acids is 1. The molecule has 1 aromatic carbocycles. The molecule has 1 amide bonds. The molecule has 0 saturated carbocycles. The molecule has 0 aliphatic heterocycles. The van der Waals surface area contributed by atoms with Crippen LogP contribution in [-0.2, 0) is 16.1 Å². The van der Waals surface area contributed by atoms with Crippen molar-refractivity contribution in [1.29, 1.82) is 0 Å². The summed E-state index contributed by atoms with van der Waals surface area (Å²) in [4.78, 5) is 21.8. The van der Waals surface area contributed by atoms with Crippen molar-refractivity contribution in [3.8, 4) is 0 Å². The number of thioether (sulfide) groups is 1. The van der Waals surface area contributed by atoms with E-state index in [9.17, 15) is 9.59 Å². The van der Waals surface area contributed by atoms with E-state index < -0.39 is 24.5 Å². The molecule has 1 rings (SSSR count). The average molecular weight is 327 g/mol. The molecule has 0 aliphatic rings. The van der Waals surface area contributed by atoms with Crippen LogP contribution in [0.5, 0.6) is 0 Å². The van der Waals surface area contributed by atoms with Crippen molar-refractivity contribution in [3.63, 3.8) is 0 Å². The van der Waals surface area contributed by atoms with Crippen LogP contribution >= 0.6 is 24.0 Å². The fourth-order valence-electron chi connectivity index (χ4n) is 1.36. The number of amides is 1. The molecule has 1 aromatic rings. The topological polar surface area (TPSA) is 104 Å². The predicted molar refractivity (Wildman–Crippen MR) is 87.0 cm³/mol. The van der Waals surface area contributed by atoms with Gasteiger partial charge in [0.15, 0.2) is 0 Å². The lowest BCUT2D eigenvalue weighted by atomic mass is 10.2. The molecule has 0 unspecified atom stereocenters. The normalized spacial score (nSPS) is 11.5. The summed E-state index contributed by atoms with van der Waals surface area (Å²) < 4.78 is 0.542. The molecule has 114 valence electrons. The van der Waals surface area contributed by atoms with Crippen LogP contribution in [0.3, 0.4) is 0 Å². The van der Waals surface area contributed by atoms with Gasteiger partial charge in [-0.25, -0.2) is 0 Å². The minimum atomic E-state index is -1.11. The van der Waals surface area contributed by atoms with Gasteiger partial charge in [0.2, 0.25) is 5.91 Å². The number of aliphatic carboxylic acids is 1. The number of thiocarbonyl (C=S) groups is 1. The Morgan fingerprint density at radius 1 is 1.29 bits per heavy atom. The fourth-order valence-corrected chi connectivity index (χ4v) is 2.29. The SMILES string of the molecule is N[C@@H](CSC(=S)NCc1ccccc1)C(=O)NCC(=O)O. The lowest BCUT2D eigenvalue weighted by Gasteiger charge is -2.12. The van der Waals surface area contributed by atoms with E-state index in [1.165, 1.54) is 11.8 Å². The van der Waals surface area contributed by atoms with Crippen LogP contribution in [0.25, 0.3) is 0 Å². The fraction of sp³-hybridized carbons (Fsp3) is 0.308. The van der Waals surface area contributed by atoms with E-state index in [0.717, 1.165) is 5.56 Å². The summed E-state index contributed by atoms with van der Waals surface area (Å²) in [6, 6.07) is 8.97. The summed E-state index contributed by atoms with van der Waals surface area (Å²) in [7, 11) is 0. The smallest absolute Gasteiger partial charge is 0.322 e. The summed E-state index contributed by atoms with van der Waals surface area (Å²) in [5.41, 5.74) is 6.75. The largest absolute Gasteiger partial charge is 0.480 e. The van der Waals surface area contributed by atoms with Gasteiger partial charge in [-0.1, -0.05) is 54.3 Å². The Morgan fingerprint density at radius 2 is 1.95 bits per heavy atom. The lowest BCUT2D eigenvalue weighted by molar-refractivity contribution is -0.138. The molecule has 21 heavy (non-hydrogen) atoms. The first-order valence-corrected chi connectivity index (χ1v) is 7.58. The number of carbonyl (C=O) groups excluding carboxylic acids is 1. The van der Waals surface area contributed by atoms with Gasteiger partial charge in [0.1, 0.15) is 10.9 Å². The average Bonchev–Trinajstić information content (AvgIpc) is 2.49. The molecule has 0 spiro atoms. The van der Waals surface area contributed by atoms with Crippen molar-refractivity contribution < 1.29 is 14.7 Å². The Labute approximate surface area is 132 Å². The number of nitrogens with one attached hydrogen (secondary N) is 2. The molecule has 8 heteroatoms. The van der Waals surface area contributed by atoms with Crippen molar-refractivity contribution in [3.05, 3.63) is 35.9 Å². The Hall–Kier alpha value is -1.64. The minimum absolute atomic E-state index is 0.284. The second-order valence-corrected chi connectivity index (χ2v) is 5.85. The van der Waals surface area contributed by atoms with Crippen LogP contribution in [-0.4, -0.2) is 39.6 Å². The third kappa shape index (κ3) is 7.64. The van der Waals surface area contributed by atoms with Crippen LogP contribution in [0.1, 0.15) is 5.56 Å². The number of carboxylic acid groups (broad SMARTS) is 1. The van der Waals surface area contributed by atoms with E-state index in [2.05, 4.69) is 10.6 Å². The number of carbonyl (C=O) groups is 2. The Kier molecular flexibility index (Phi) is 7.73. The van der Waals surface area contributed by atoms with E-state index in [0.29, 0.717) is 10.9 Å². The second kappa shape index (κ2) is 9.32. The van der Waals surface area contributed by atoms with Gasteiger partial charge in [-0.3, -0.25) is 9.59 Å². The zero-order valence-electron chi connectivity index (χ0n) is 11.2. The molecule has 0 bridgehead atoms. The molecule has 0 saturated heterocycles. The number of benzene rings is 1. The van der Waals surface area contributed by atoms with Gasteiger partial charge in [-0.15, -0.1) is 0 Å². The summed E-state index contributed by atoms with van der Waals surface area (Å²) >= 11 is 6.39. The van der Waals surface area contributed by atoms with Crippen molar-refractivity contribution in [2.75, 3.05) is 12.3 Å². The van der Waals surface area contributed by atoms with Gasteiger partial charge in [0.25, 0.3) is 0 Å². The van der Waals surface area contributed by atoms with E-state index in [-0.39, 0.29) is 5.75 Å². The van der Waals surface area contributed by atoms with Gasteiger partial charge < -0.3 is 21.5 Å². The van der Waals surface area contributed by atoms with Gasteiger partial charge >= 0.3 is 5.97 Å². The first-order valence-electron chi connectivity index (χ1n) is 6.18. The van der Waals surface area contributed by atoms with Crippen molar-refractivity contribution in [2.45, 2.75) is 12.6 Å². The molecular weight excluding hydrogens is 310 g/mol. The van der Waals surface area contributed by atoms with Crippen LogP contribution in [0.2, 0.25) is 0 Å². The van der Waals surface area contributed by atoms with Crippen LogP contribution < -0.4 is 16.4 Å². The van der Waals surface area contributed by atoms with Gasteiger partial charge in [-0.05, 0) is 5.56 Å². The number of hydrogen-bond acceptors (Lipinski definition) is 5. The Bertz CT molecular complexity index is 497. The highest BCUT2D eigenvalue weighted by atomic mass is 32.2. The van der Waals surface area contributed by atoms with Gasteiger partial charge in [-0.2, -0.15) is 0 Å². The van der Waals surface area contributed by atoms with E-state index in [1.807, 2.05) is 30.3 Å². The zero-order chi connectivity index (χ0) is 15.7. The lowest BCUT2D eigenvalue weighted by Crippen LogP contribution is -2.44. The maximum atomic E-state index is 11.5. The molecular formula is C13H17N3O3S2. The maximum absolute atomic E-state index is 11.5. The van der Waals surface area contributed by atoms with Crippen molar-refractivity contribution in [2.24, 2.45) is 5.73 Å². The molecule has 0 radical (unpaired) electrons. The minimum Gasteiger partial charge on any atom is -0.480 e. The molecule has 0 fully saturated rings. The molecule has 0 aliphatic carbocycles. The summed E-state index contributed by atoms with van der Waals surface area (Å²) in [6.45, 7) is 0.168.